The van der Waals surface area contributed by atoms with E-state index in [0.29, 0.717) is 0 Å². The summed E-state index contributed by atoms with van der Waals surface area (Å²) >= 11 is 0. The molecule has 0 heterocycles. The Balaban J connectivity index is 0. The summed E-state index contributed by atoms with van der Waals surface area (Å²) in [6, 6.07) is 0. The minimum atomic E-state index is -0.220. The van der Waals surface area contributed by atoms with E-state index in [9.17, 15) is 4.79 Å². The SMILES string of the molecule is C=CC(=O)NNC.Cl. The molecule has 0 saturated heterocycles. The third-order valence-corrected chi connectivity index (χ3v) is 0.434. The first-order valence-corrected chi connectivity index (χ1v) is 1.90. The van der Waals surface area contributed by atoms with Crippen molar-refractivity contribution in [3.63, 3.8) is 0 Å². The predicted octanol–water partition coefficient (Wildman–Crippen LogP) is -0.155. The first-order chi connectivity index (χ1) is 3.31. The van der Waals surface area contributed by atoms with Crippen LogP contribution in [-0.2, 0) is 4.79 Å². The van der Waals surface area contributed by atoms with E-state index in [-0.39, 0.29) is 18.3 Å². The molecule has 3 nitrogen and oxygen atoms in total. The lowest BCUT2D eigenvalue weighted by molar-refractivity contribution is -0.117. The molecule has 0 aliphatic rings. The number of carbonyl (C=O) groups excluding carboxylic acids is 1. The van der Waals surface area contributed by atoms with E-state index in [4.69, 9.17) is 0 Å². The van der Waals surface area contributed by atoms with Crippen molar-refractivity contribution >= 4 is 18.3 Å². The highest BCUT2D eigenvalue weighted by Gasteiger charge is 1.83. The minimum absolute atomic E-state index is 0. The largest absolute Gasteiger partial charge is 0.288 e. The Morgan fingerprint density at radius 2 is 2.25 bits per heavy atom. The molecule has 0 saturated carbocycles. The summed E-state index contributed by atoms with van der Waals surface area (Å²) in [6.45, 7) is 3.23. The van der Waals surface area contributed by atoms with Crippen LogP contribution in [0, 0.1) is 0 Å². The Bertz CT molecular complexity index is 84.1. The van der Waals surface area contributed by atoms with Gasteiger partial charge < -0.3 is 0 Å². The summed E-state index contributed by atoms with van der Waals surface area (Å²) < 4.78 is 0. The van der Waals surface area contributed by atoms with Crippen molar-refractivity contribution in [1.82, 2.24) is 10.9 Å². The number of hydrogen-bond donors (Lipinski definition) is 2. The van der Waals surface area contributed by atoms with Gasteiger partial charge in [-0.25, -0.2) is 5.43 Å². The van der Waals surface area contributed by atoms with Crippen molar-refractivity contribution in [2.45, 2.75) is 0 Å². The normalized spacial score (nSPS) is 6.62. The number of amides is 1. The van der Waals surface area contributed by atoms with Crippen LogP contribution in [0.25, 0.3) is 0 Å². The van der Waals surface area contributed by atoms with E-state index in [2.05, 4.69) is 17.4 Å². The molecule has 48 valence electrons. The van der Waals surface area contributed by atoms with Crippen molar-refractivity contribution in [2.75, 3.05) is 7.05 Å². The molecule has 8 heavy (non-hydrogen) atoms. The van der Waals surface area contributed by atoms with Crippen LogP contribution in [0.15, 0.2) is 12.7 Å². The number of hydrazine groups is 1. The van der Waals surface area contributed by atoms with Crippen molar-refractivity contribution < 1.29 is 4.79 Å². The van der Waals surface area contributed by atoms with Crippen LogP contribution in [0.5, 0.6) is 0 Å². The monoisotopic (exact) mass is 136 g/mol. The maximum atomic E-state index is 10.1. The topological polar surface area (TPSA) is 41.1 Å². The fraction of sp³-hybridized carbons (Fsp3) is 0.250. The average molecular weight is 137 g/mol. The van der Waals surface area contributed by atoms with Gasteiger partial charge in [-0.2, -0.15) is 0 Å². The van der Waals surface area contributed by atoms with Crippen LogP contribution >= 0.6 is 12.4 Å². The van der Waals surface area contributed by atoms with Gasteiger partial charge in [0, 0.05) is 7.05 Å². The van der Waals surface area contributed by atoms with Crippen molar-refractivity contribution in [2.24, 2.45) is 0 Å². The van der Waals surface area contributed by atoms with Gasteiger partial charge in [0.05, 0.1) is 0 Å². The minimum Gasteiger partial charge on any atom is -0.288 e. The molecule has 0 aliphatic heterocycles. The fourth-order valence-electron chi connectivity index (χ4n) is 0.174. The third kappa shape index (κ3) is 5.46. The fourth-order valence-corrected chi connectivity index (χ4v) is 0.174. The Labute approximate surface area is 54.5 Å². The van der Waals surface area contributed by atoms with Gasteiger partial charge in [-0.05, 0) is 6.08 Å². The number of carbonyl (C=O) groups is 1. The van der Waals surface area contributed by atoms with Gasteiger partial charge in [0.15, 0.2) is 0 Å². The zero-order chi connectivity index (χ0) is 5.70. The zero-order valence-corrected chi connectivity index (χ0v) is 5.42. The molecular formula is C4H9ClN2O. The Hall–Kier alpha value is -0.540. The first-order valence-electron chi connectivity index (χ1n) is 1.90. The third-order valence-electron chi connectivity index (χ3n) is 0.434. The number of rotatable bonds is 2. The molecule has 0 aromatic rings. The predicted molar refractivity (Wildman–Crippen MR) is 34.6 cm³/mol. The quantitative estimate of drug-likeness (QED) is 0.409. The zero-order valence-electron chi connectivity index (χ0n) is 4.60. The van der Waals surface area contributed by atoms with Crippen molar-refractivity contribution in [1.29, 1.82) is 0 Å². The van der Waals surface area contributed by atoms with E-state index < -0.39 is 0 Å². The lowest BCUT2D eigenvalue weighted by Gasteiger charge is -1.93. The Morgan fingerprint density at radius 3 is 2.38 bits per heavy atom. The Kier molecular flexibility index (Phi) is 8.43. The van der Waals surface area contributed by atoms with Crippen LogP contribution in [-0.4, -0.2) is 13.0 Å². The Morgan fingerprint density at radius 1 is 1.75 bits per heavy atom. The van der Waals surface area contributed by atoms with Gasteiger partial charge in [0.25, 0.3) is 5.91 Å². The van der Waals surface area contributed by atoms with Crippen LogP contribution in [0.1, 0.15) is 0 Å². The highest BCUT2D eigenvalue weighted by atomic mass is 35.5. The van der Waals surface area contributed by atoms with Gasteiger partial charge in [0.2, 0.25) is 0 Å². The molecule has 0 bridgehead atoms. The molecule has 0 spiro atoms. The van der Waals surface area contributed by atoms with Gasteiger partial charge in [-0.1, -0.05) is 6.58 Å². The van der Waals surface area contributed by atoms with Gasteiger partial charge in [-0.15, -0.1) is 12.4 Å². The molecule has 1 amide bonds. The molecule has 0 unspecified atom stereocenters. The van der Waals surface area contributed by atoms with Gasteiger partial charge in [0.1, 0.15) is 0 Å². The number of halogens is 1. The van der Waals surface area contributed by atoms with Crippen LogP contribution in [0.4, 0.5) is 0 Å². The standard InChI is InChI=1S/C4H8N2O.ClH/c1-3-4(7)6-5-2;/h3,5H,1H2,2H3,(H,6,7);1H. The number of hydrogen-bond acceptors (Lipinski definition) is 2. The summed E-state index contributed by atoms with van der Waals surface area (Å²) in [4.78, 5) is 10.1. The molecule has 0 radical (unpaired) electrons. The van der Waals surface area contributed by atoms with E-state index in [1.165, 1.54) is 6.08 Å². The second-order valence-electron chi connectivity index (χ2n) is 0.943. The second kappa shape index (κ2) is 6.46. The smallest absolute Gasteiger partial charge is 0.257 e. The molecule has 0 atom stereocenters. The maximum absolute atomic E-state index is 10.1. The van der Waals surface area contributed by atoms with Gasteiger partial charge in [-0.3, -0.25) is 10.2 Å². The first kappa shape index (κ1) is 10.4. The molecule has 4 heteroatoms. The molecule has 0 aromatic heterocycles. The molecule has 0 aromatic carbocycles. The van der Waals surface area contributed by atoms with Crippen LogP contribution in [0.2, 0.25) is 0 Å². The molecule has 0 fully saturated rings. The molecule has 0 aliphatic carbocycles. The summed E-state index contributed by atoms with van der Waals surface area (Å²) in [5, 5.41) is 0. The van der Waals surface area contributed by atoms with E-state index in [1.54, 1.807) is 7.05 Å². The van der Waals surface area contributed by atoms with E-state index in [0.717, 1.165) is 0 Å². The average Bonchev–Trinajstić information content (AvgIpc) is 1.68. The van der Waals surface area contributed by atoms with Crippen molar-refractivity contribution in [3.05, 3.63) is 12.7 Å². The lowest BCUT2D eigenvalue weighted by Crippen LogP contribution is -2.32. The highest BCUT2D eigenvalue weighted by Crippen LogP contribution is 1.56. The second-order valence-corrected chi connectivity index (χ2v) is 0.943. The molecular weight excluding hydrogens is 128 g/mol. The highest BCUT2D eigenvalue weighted by molar-refractivity contribution is 5.86. The van der Waals surface area contributed by atoms with E-state index >= 15 is 0 Å². The molecule has 2 N–H and O–H groups in total. The van der Waals surface area contributed by atoms with E-state index in [1.807, 2.05) is 0 Å². The lowest BCUT2D eigenvalue weighted by atomic mass is 10.6. The van der Waals surface area contributed by atoms with Crippen molar-refractivity contribution in [3.8, 4) is 0 Å². The summed E-state index contributed by atoms with van der Waals surface area (Å²) in [5.74, 6) is -0.220. The molecule has 0 rings (SSSR count). The summed E-state index contributed by atoms with van der Waals surface area (Å²) in [7, 11) is 1.61. The summed E-state index contributed by atoms with van der Waals surface area (Å²) in [5.41, 5.74) is 4.74. The number of nitrogens with one attached hydrogen (secondary N) is 2. The van der Waals surface area contributed by atoms with Crippen LogP contribution < -0.4 is 10.9 Å². The van der Waals surface area contributed by atoms with Gasteiger partial charge >= 0.3 is 0 Å². The maximum Gasteiger partial charge on any atom is 0.257 e. The summed E-state index contributed by atoms with van der Waals surface area (Å²) in [6.07, 6.45) is 1.19. The van der Waals surface area contributed by atoms with Crippen LogP contribution in [0.3, 0.4) is 0 Å².